The summed E-state index contributed by atoms with van der Waals surface area (Å²) in [7, 11) is 0. The summed E-state index contributed by atoms with van der Waals surface area (Å²) in [6.07, 6.45) is -0.538. The third-order valence-corrected chi connectivity index (χ3v) is 1.45. The van der Waals surface area contributed by atoms with Crippen LogP contribution in [0.2, 0.25) is 0 Å². The highest BCUT2D eigenvalue weighted by Gasteiger charge is 2.11. The second-order valence-electron chi connectivity index (χ2n) is 2.96. The summed E-state index contributed by atoms with van der Waals surface area (Å²) in [5, 5.41) is 19.0. The van der Waals surface area contributed by atoms with E-state index in [9.17, 15) is 14.4 Å². The quantitative estimate of drug-likeness (QED) is 0.556. The minimum absolute atomic E-state index is 0.126. The number of carbonyl (C=O) groups is 3. The van der Waals surface area contributed by atoms with Gasteiger partial charge in [0.25, 0.3) is 0 Å². The molecule has 6 heteroatoms. The Morgan fingerprint density at radius 2 is 1.71 bits per heavy atom. The molecule has 0 bridgehead atoms. The van der Waals surface area contributed by atoms with Gasteiger partial charge in [-0.25, -0.2) is 0 Å². The third-order valence-electron chi connectivity index (χ3n) is 1.45. The Balaban J connectivity index is 3.71. The topological polar surface area (TPSA) is 104 Å². The molecular weight excluding hydrogens is 190 g/mol. The predicted molar refractivity (Wildman–Crippen MR) is 46.7 cm³/mol. The average Bonchev–Trinajstić information content (AvgIpc) is 1.98. The van der Waals surface area contributed by atoms with Gasteiger partial charge in [-0.1, -0.05) is 0 Å². The number of aliphatic carboxylic acids is 2. The van der Waals surface area contributed by atoms with Gasteiger partial charge in [0.1, 0.15) is 0 Å². The molecule has 1 atom stereocenters. The van der Waals surface area contributed by atoms with E-state index in [1.54, 1.807) is 6.92 Å². The molecule has 1 unspecified atom stereocenters. The van der Waals surface area contributed by atoms with Crippen LogP contribution in [0.3, 0.4) is 0 Å². The van der Waals surface area contributed by atoms with Gasteiger partial charge in [-0.2, -0.15) is 0 Å². The highest BCUT2D eigenvalue weighted by Crippen LogP contribution is 1.94. The van der Waals surface area contributed by atoms with Crippen molar-refractivity contribution in [3.05, 3.63) is 0 Å². The number of hydrogen-bond donors (Lipinski definition) is 3. The van der Waals surface area contributed by atoms with Gasteiger partial charge < -0.3 is 15.5 Å². The highest BCUT2D eigenvalue weighted by molar-refractivity contribution is 5.81. The Bertz CT molecular complexity index is 238. The van der Waals surface area contributed by atoms with E-state index in [0.717, 1.165) is 0 Å². The van der Waals surface area contributed by atoms with Crippen molar-refractivity contribution >= 4 is 17.8 Å². The van der Waals surface area contributed by atoms with E-state index in [1.165, 1.54) is 0 Å². The molecule has 1 amide bonds. The van der Waals surface area contributed by atoms with Crippen LogP contribution in [0.1, 0.15) is 26.2 Å². The lowest BCUT2D eigenvalue weighted by Gasteiger charge is -2.10. The number of hydrogen-bond acceptors (Lipinski definition) is 3. The van der Waals surface area contributed by atoms with E-state index in [-0.39, 0.29) is 19.3 Å². The standard InChI is InChI=1S/C8H13NO5/c1-5(4-8(13)14)9-6(10)2-3-7(11)12/h5H,2-4H2,1H3,(H,9,10)(H,11,12)(H,13,14). The predicted octanol–water partition coefficient (Wildman–Crippen LogP) is -0.169. The fraction of sp³-hybridized carbons (Fsp3) is 0.625. The summed E-state index contributed by atoms with van der Waals surface area (Å²) in [4.78, 5) is 31.3. The fourth-order valence-corrected chi connectivity index (χ4v) is 0.880. The van der Waals surface area contributed by atoms with Crippen molar-refractivity contribution < 1.29 is 24.6 Å². The molecule has 0 fully saturated rings. The maximum Gasteiger partial charge on any atom is 0.305 e. The molecule has 0 aromatic rings. The molecule has 14 heavy (non-hydrogen) atoms. The smallest absolute Gasteiger partial charge is 0.305 e. The lowest BCUT2D eigenvalue weighted by atomic mass is 10.2. The van der Waals surface area contributed by atoms with Gasteiger partial charge in [0.2, 0.25) is 5.91 Å². The molecule has 0 aliphatic heterocycles. The van der Waals surface area contributed by atoms with E-state index in [2.05, 4.69) is 5.32 Å². The maximum atomic E-state index is 11.0. The van der Waals surface area contributed by atoms with E-state index in [4.69, 9.17) is 10.2 Å². The van der Waals surface area contributed by atoms with Crippen molar-refractivity contribution in [1.82, 2.24) is 5.32 Å². The molecule has 80 valence electrons. The van der Waals surface area contributed by atoms with E-state index in [0.29, 0.717) is 0 Å². The molecule has 0 aromatic heterocycles. The maximum absolute atomic E-state index is 11.0. The van der Waals surface area contributed by atoms with Crippen LogP contribution in [0, 0.1) is 0 Å². The molecule has 0 aliphatic rings. The van der Waals surface area contributed by atoms with Gasteiger partial charge in [0.05, 0.1) is 12.8 Å². The number of rotatable bonds is 6. The van der Waals surface area contributed by atoms with Gasteiger partial charge in [-0.3, -0.25) is 14.4 Å². The first-order chi connectivity index (χ1) is 6.41. The first-order valence-corrected chi connectivity index (χ1v) is 4.14. The van der Waals surface area contributed by atoms with Gasteiger partial charge in [0, 0.05) is 12.5 Å². The number of carboxylic acid groups (broad SMARTS) is 2. The van der Waals surface area contributed by atoms with E-state index >= 15 is 0 Å². The van der Waals surface area contributed by atoms with Crippen molar-refractivity contribution in [1.29, 1.82) is 0 Å². The lowest BCUT2D eigenvalue weighted by Crippen LogP contribution is -2.34. The lowest BCUT2D eigenvalue weighted by molar-refractivity contribution is -0.140. The molecule has 0 saturated carbocycles. The van der Waals surface area contributed by atoms with Crippen LogP contribution in [0.15, 0.2) is 0 Å². The Morgan fingerprint density at radius 3 is 2.14 bits per heavy atom. The third kappa shape index (κ3) is 7.08. The molecule has 0 aliphatic carbocycles. The molecule has 0 aromatic carbocycles. The number of carbonyl (C=O) groups excluding carboxylic acids is 1. The second kappa shape index (κ2) is 5.95. The summed E-state index contributed by atoms with van der Waals surface area (Å²) < 4.78 is 0. The second-order valence-corrected chi connectivity index (χ2v) is 2.96. The Labute approximate surface area is 80.9 Å². The summed E-state index contributed by atoms with van der Waals surface area (Å²) in [6, 6.07) is -0.478. The highest BCUT2D eigenvalue weighted by atomic mass is 16.4. The SMILES string of the molecule is CC(CC(=O)O)NC(=O)CCC(=O)O. The molecular formula is C8H13NO5. The van der Waals surface area contributed by atoms with Crippen molar-refractivity contribution in [2.45, 2.75) is 32.2 Å². The van der Waals surface area contributed by atoms with Crippen LogP contribution in [0.4, 0.5) is 0 Å². The van der Waals surface area contributed by atoms with Crippen LogP contribution >= 0.6 is 0 Å². The van der Waals surface area contributed by atoms with Crippen molar-refractivity contribution in [3.63, 3.8) is 0 Å². The van der Waals surface area contributed by atoms with Gasteiger partial charge in [-0.05, 0) is 6.92 Å². The van der Waals surface area contributed by atoms with Crippen molar-refractivity contribution in [3.8, 4) is 0 Å². The van der Waals surface area contributed by atoms with Gasteiger partial charge in [-0.15, -0.1) is 0 Å². The van der Waals surface area contributed by atoms with Gasteiger partial charge >= 0.3 is 11.9 Å². The molecule has 0 rings (SSSR count). The average molecular weight is 203 g/mol. The van der Waals surface area contributed by atoms with E-state index < -0.39 is 23.9 Å². The minimum atomic E-state index is -1.05. The number of amides is 1. The zero-order chi connectivity index (χ0) is 11.1. The molecule has 6 nitrogen and oxygen atoms in total. The van der Waals surface area contributed by atoms with Gasteiger partial charge in [0.15, 0.2) is 0 Å². The minimum Gasteiger partial charge on any atom is -0.481 e. The zero-order valence-corrected chi connectivity index (χ0v) is 7.82. The van der Waals surface area contributed by atoms with Crippen LogP contribution in [0.25, 0.3) is 0 Å². The summed E-state index contributed by atoms with van der Waals surface area (Å²) in [5.74, 6) is -2.50. The van der Waals surface area contributed by atoms with Crippen LogP contribution in [-0.2, 0) is 14.4 Å². The largest absolute Gasteiger partial charge is 0.481 e. The number of nitrogens with one attached hydrogen (secondary N) is 1. The Hall–Kier alpha value is -1.59. The molecule has 0 spiro atoms. The molecule has 0 radical (unpaired) electrons. The Morgan fingerprint density at radius 1 is 1.14 bits per heavy atom. The van der Waals surface area contributed by atoms with Crippen LogP contribution in [0.5, 0.6) is 0 Å². The van der Waals surface area contributed by atoms with Crippen molar-refractivity contribution in [2.75, 3.05) is 0 Å². The first kappa shape index (κ1) is 12.4. The summed E-state index contributed by atoms with van der Waals surface area (Å²) in [5.41, 5.74) is 0. The zero-order valence-electron chi connectivity index (χ0n) is 7.82. The molecule has 0 heterocycles. The molecule has 0 saturated heterocycles. The first-order valence-electron chi connectivity index (χ1n) is 4.14. The Kier molecular flexibility index (Phi) is 5.28. The van der Waals surface area contributed by atoms with Crippen molar-refractivity contribution in [2.24, 2.45) is 0 Å². The van der Waals surface area contributed by atoms with Crippen LogP contribution < -0.4 is 5.32 Å². The summed E-state index contributed by atoms with van der Waals surface area (Å²) in [6.45, 7) is 1.55. The molecule has 3 N–H and O–H groups in total. The van der Waals surface area contributed by atoms with Crippen LogP contribution in [-0.4, -0.2) is 34.1 Å². The summed E-state index contributed by atoms with van der Waals surface area (Å²) >= 11 is 0. The number of carboxylic acids is 2. The monoisotopic (exact) mass is 203 g/mol. The normalized spacial score (nSPS) is 11.8. The fourth-order valence-electron chi connectivity index (χ4n) is 0.880. The van der Waals surface area contributed by atoms with E-state index in [1.807, 2.05) is 0 Å².